The number of aromatic nitrogens is 2. The summed E-state index contributed by atoms with van der Waals surface area (Å²) in [4.78, 5) is 16.6. The van der Waals surface area contributed by atoms with Crippen LogP contribution in [0, 0.1) is 12.7 Å². The molecule has 1 amide bonds. The van der Waals surface area contributed by atoms with Gasteiger partial charge in [0.2, 0.25) is 5.91 Å². The minimum Gasteiger partial charge on any atom is -0.488 e. The van der Waals surface area contributed by atoms with Gasteiger partial charge in [-0.3, -0.25) is 4.79 Å². The molecule has 7 nitrogen and oxygen atoms in total. The summed E-state index contributed by atoms with van der Waals surface area (Å²) >= 11 is 0. The minimum atomic E-state index is -0.473. The first-order chi connectivity index (χ1) is 17.0. The van der Waals surface area contributed by atoms with E-state index in [1.165, 1.54) is 17.7 Å². The van der Waals surface area contributed by atoms with Crippen LogP contribution in [0.5, 0.6) is 5.75 Å². The molecule has 0 saturated carbocycles. The third kappa shape index (κ3) is 7.77. The van der Waals surface area contributed by atoms with Crippen molar-refractivity contribution in [2.24, 2.45) is 0 Å². The van der Waals surface area contributed by atoms with E-state index < -0.39 is 5.82 Å². The van der Waals surface area contributed by atoms with E-state index in [9.17, 15) is 9.18 Å². The number of hydrogen-bond donors (Lipinski definition) is 1. The van der Waals surface area contributed by atoms with Gasteiger partial charge >= 0.3 is 0 Å². The second-order valence-electron chi connectivity index (χ2n) is 8.45. The van der Waals surface area contributed by atoms with Crippen LogP contribution >= 0.6 is 0 Å². The zero-order chi connectivity index (χ0) is 24.5. The fraction of sp³-hybridized carbons (Fsp3) is 0.333. The van der Waals surface area contributed by atoms with E-state index in [2.05, 4.69) is 16.4 Å². The molecule has 3 aromatic rings. The molecule has 0 aliphatic carbocycles. The molecular weight excluding hydrogens is 449 g/mol. The number of nitrogens with one attached hydrogen (secondary N) is 1. The number of benzene rings is 2. The summed E-state index contributed by atoms with van der Waals surface area (Å²) in [5.74, 6) is -0.244. The number of hydrogen-bond acceptors (Lipinski definition) is 5. The first-order valence-corrected chi connectivity index (χ1v) is 11.8. The Bertz CT molecular complexity index is 1150. The van der Waals surface area contributed by atoms with Gasteiger partial charge in [0.1, 0.15) is 6.61 Å². The molecular formula is C27H30FN3O4. The average Bonchev–Trinajstić information content (AvgIpc) is 3.29. The van der Waals surface area contributed by atoms with Gasteiger partial charge in [-0.05, 0) is 55.5 Å². The maximum Gasteiger partial charge on any atom is 0.249 e. The predicted molar refractivity (Wildman–Crippen MR) is 132 cm³/mol. The molecule has 1 N–H and O–H groups in total. The van der Waals surface area contributed by atoms with Crippen LogP contribution < -0.4 is 10.1 Å². The van der Waals surface area contributed by atoms with E-state index in [0.29, 0.717) is 31.1 Å². The van der Waals surface area contributed by atoms with Crippen molar-refractivity contribution in [1.82, 2.24) is 9.55 Å². The number of imidazole rings is 1. The lowest BCUT2D eigenvalue weighted by Gasteiger charge is -2.22. The SMILES string of the molecule is Cc1cccc(Cn2cnc(NC(=O)/C=C/c3ccc(F)c(OCCOC4CCCCO4)c3)c2)c1. The second kappa shape index (κ2) is 12.3. The molecule has 1 aliphatic heterocycles. The van der Waals surface area contributed by atoms with Crippen molar-refractivity contribution in [3.8, 4) is 5.75 Å². The van der Waals surface area contributed by atoms with Gasteiger partial charge in [0.05, 0.1) is 12.9 Å². The molecule has 0 spiro atoms. The van der Waals surface area contributed by atoms with Crippen LogP contribution in [0.25, 0.3) is 6.08 Å². The van der Waals surface area contributed by atoms with Crippen molar-refractivity contribution < 1.29 is 23.4 Å². The van der Waals surface area contributed by atoms with Crippen molar-refractivity contribution in [3.05, 3.63) is 83.6 Å². The Hall–Kier alpha value is -3.49. The summed E-state index contributed by atoms with van der Waals surface area (Å²) in [5, 5.41) is 2.74. The Morgan fingerprint density at radius 2 is 2.17 bits per heavy atom. The number of nitrogens with zero attached hydrogens (tertiary/aromatic N) is 2. The number of halogens is 1. The molecule has 35 heavy (non-hydrogen) atoms. The molecule has 1 atom stereocenters. The highest BCUT2D eigenvalue weighted by atomic mass is 19.1. The zero-order valence-corrected chi connectivity index (χ0v) is 19.8. The number of carbonyl (C=O) groups excluding carboxylic acids is 1. The van der Waals surface area contributed by atoms with Gasteiger partial charge in [0, 0.05) is 25.4 Å². The Morgan fingerprint density at radius 3 is 3.00 bits per heavy atom. The van der Waals surface area contributed by atoms with Gasteiger partial charge in [-0.2, -0.15) is 0 Å². The highest BCUT2D eigenvalue weighted by molar-refractivity contribution is 6.01. The van der Waals surface area contributed by atoms with Crippen LogP contribution in [0.2, 0.25) is 0 Å². The largest absolute Gasteiger partial charge is 0.488 e. The first-order valence-electron chi connectivity index (χ1n) is 11.8. The van der Waals surface area contributed by atoms with E-state index in [4.69, 9.17) is 14.2 Å². The van der Waals surface area contributed by atoms with Crippen LogP contribution in [0.1, 0.15) is 36.0 Å². The number of carbonyl (C=O) groups is 1. The van der Waals surface area contributed by atoms with Crippen LogP contribution in [-0.4, -0.2) is 41.6 Å². The zero-order valence-electron chi connectivity index (χ0n) is 19.8. The molecule has 1 saturated heterocycles. The van der Waals surface area contributed by atoms with Crippen LogP contribution in [0.3, 0.4) is 0 Å². The molecule has 8 heteroatoms. The number of amides is 1. The Morgan fingerprint density at radius 1 is 1.26 bits per heavy atom. The Kier molecular flexibility index (Phi) is 8.64. The van der Waals surface area contributed by atoms with Crippen molar-refractivity contribution in [2.45, 2.75) is 39.0 Å². The van der Waals surface area contributed by atoms with E-state index in [1.807, 2.05) is 29.7 Å². The summed E-state index contributed by atoms with van der Waals surface area (Å²) in [6.07, 6.45) is 9.21. The molecule has 2 heterocycles. The van der Waals surface area contributed by atoms with Crippen molar-refractivity contribution in [1.29, 1.82) is 0 Å². The minimum absolute atomic E-state index is 0.107. The smallest absolute Gasteiger partial charge is 0.249 e. The van der Waals surface area contributed by atoms with Crippen LogP contribution in [-0.2, 0) is 20.8 Å². The summed E-state index contributed by atoms with van der Waals surface area (Å²) in [6.45, 7) is 3.93. The second-order valence-corrected chi connectivity index (χ2v) is 8.45. The molecule has 1 aliphatic rings. The number of anilines is 1. The van der Waals surface area contributed by atoms with E-state index in [1.54, 1.807) is 30.7 Å². The van der Waals surface area contributed by atoms with Crippen LogP contribution in [0.15, 0.2) is 61.1 Å². The van der Waals surface area contributed by atoms with Crippen molar-refractivity contribution in [2.75, 3.05) is 25.1 Å². The topological polar surface area (TPSA) is 74.6 Å². The monoisotopic (exact) mass is 479 g/mol. The maximum absolute atomic E-state index is 14.1. The molecule has 1 aromatic heterocycles. The molecule has 1 unspecified atom stereocenters. The normalized spacial score (nSPS) is 15.9. The first kappa shape index (κ1) is 24.6. The van der Waals surface area contributed by atoms with Gasteiger partial charge in [0.25, 0.3) is 0 Å². The van der Waals surface area contributed by atoms with E-state index in [-0.39, 0.29) is 24.6 Å². The molecule has 0 bridgehead atoms. The van der Waals surface area contributed by atoms with Gasteiger partial charge in [-0.1, -0.05) is 35.9 Å². The lowest BCUT2D eigenvalue weighted by Crippen LogP contribution is -2.24. The van der Waals surface area contributed by atoms with E-state index in [0.717, 1.165) is 24.8 Å². The van der Waals surface area contributed by atoms with Crippen molar-refractivity contribution >= 4 is 17.8 Å². The summed E-state index contributed by atoms with van der Waals surface area (Å²) < 4.78 is 32.6. The molecule has 184 valence electrons. The molecule has 4 rings (SSSR count). The highest BCUT2D eigenvalue weighted by Gasteiger charge is 2.14. The van der Waals surface area contributed by atoms with Gasteiger partial charge in [-0.25, -0.2) is 9.37 Å². The molecule has 0 radical (unpaired) electrons. The molecule has 2 aromatic carbocycles. The average molecular weight is 480 g/mol. The van der Waals surface area contributed by atoms with Gasteiger partial charge in [-0.15, -0.1) is 0 Å². The van der Waals surface area contributed by atoms with Crippen LogP contribution in [0.4, 0.5) is 10.2 Å². The maximum atomic E-state index is 14.1. The fourth-order valence-electron chi connectivity index (χ4n) is 3.78. The number of rotatable bonds is 10. The summed E-state index contributed by atoms with van der Waals surface area (Å²) in [7, 11) is 0. The third-order valence-corrected chi connectivity index (χ3v) is 5.50. The lowest BCUT2D eigenvalue weighted by molar-refractivity contribution is -0.165. The van der Waals surface area contributed by atoms with E-state index >= 15 is 0 Å². The molecule has 1 fully saturated rings. The Labute approximate surface area is 204 Å². The lowest BCUT2D eigenvalue weighted by atomic mass is 10.1. The standard InChI is InChI=1S/C27H30FN3O4/c1-20-5-4-6-22(15-20)17-31-18-25(29-19-31)30-26(32)11-9-21-8-10-23(28)24(16-21)33-13-14-35-27-7-2-3-12-34-27/h4-6,8-11,15-16,18-19,27H,2-3,7,12-14,17H2,1H3,(H,30,32)/b11-9+. The summed E-state index contributed by atoms with van der Waals surface area (Å²) in [6, 6.07) is 12.7. The number of ether oxygens (including phenoxy) is 3. The predicted octanol–water partition coefficient (Wildman–Crippen LogP) is 4.95. The van der Waals surface area contributed by atoms with Crippen molar-refractivity contribution in [3.63, 3.8) is 0 Å². The Balaban J connectivity index is 1.26. The highest BCUT2D eigenvalue weighted by Crippen LogP contribution is 2.20. The fourth-order valence-corrected chi connectivity index (χ4v) is 3.78. The number of aryl methyl sites for hydroxylation is 1. The quantitative estimate of drug-likeness (QED) is 0.329. The summed E-state index contributed by atoms with van der Waals surface area (Å²) in [5.41, 5.74) is 2.99. The van der Waals surface area contributed by atoms with Gasteiger partial charge in [0.15, 0.2) is 23.7 Å². The van der Waals surface area contributed by atoms with Gasteiger partial charge < -0.3 is 24.1 Å². The third-order valence-electron chi connectivity index (χ3n) is 5.50.